The van der Waals surface area contributed by atoms with Crippen LogP contribution in [0.4, 0.5) is 8.78 Å². The van der Waals surface area contributed by atoms with E-state index in [1.165, 1.54) is 20.3 Å². The van der Waals surface area contributed by atoms with E-state index in [2.05, 4.69) is 10.1 Å². The molecule has 2 aromatic rings. The SMILES string of the molecule is C/C=C/c1ccc(OCC(=O)NCCc2ccc(OC)c(OC(F)F)c2)c(OC)c1. The van der Waals surface area contributed by atoms with E-state index in [1.54, 1.807) is 18.2 Å². The minimum atomic E-state index is -2.95. The minimum absolute atomic E-state index is 0.0480. The first-order valence-electron chi connectivity index (χ1n) is 9.28. The molecule has 2 rings (SSSR count). The number of hydrogen-bond donors (Lipinski definition) is 1. The zero-order valence-corrected chi connectivity index (χ0v) is 17.1. The van der Waals surface area contributed by atoms with Crippen molar-refractivity contribution in [3.05, 3.63) is 53.6 Å². The van der Waals surface area contributed by atoms with Gasteiger partial charge in [0.1, 0.15) is 0 Å². The molecule has 0 aliphatic heterocycles. The summed E-state index contributed by atoms with van der Waals surface area (Å²) in [6.45, 7) is -0.906. The van der Waals surface area contributed by atoms with Crippen molar-refractivity contribution in [2.45, 2.75) is 20.0 Å². The number of allylic oxidation sites excluding steroid dienone is 1. The number of ether oxygens (including phenoxy) is 4. The van der Waals surface area contributed by atoms with Crippen LogP contribution in [-0.2, 0) is 11.2 Å². The van der Waals surface area contributed by atoms with Gasteiger partial charge >= 0.3 is 6.61 Å². The summed E-state index contributed by atoms with van der Waals surface area (Å²) >= 11 is 0. The van der Waals surface area contributed by atoms with Crippen molar-refractivity contribution in [1.29, 1.82) is 0 Å². The number of benzene rings is 2. The molecule has 0 radical (unpaired) electrons. The van der Waals surface area contributed by atoms with E-state index in [9.17, 15) is 13.6 Å². The maximum atomic E-state index is 12.5. The highest BCUT2D eigenvalue weighted by molar-refractivity contribution is 5.77. The molecule has 0 saturated heterocycles. The molecule has 0 saturated carbocycles. The van der Waals surface area contributed by atoms with E-state index < -0.39 is 6.61 Å². The molecule has 0 aliphatic carbocycles. The lowest BCUT2D eigenvalue weighted by Crippen LogP contribution is -2.30. The number of amides is 1. The third kappa shape index (κ3) is 6.95. The molecule has 0 unspecified atom stereocenters. The van der Waals surface area contributed by atoms with Gasteiger partial charge in [-0.3, -0.25) is 4.79 Å². The van der Waals surface area contributed by atoms with Crippen LogP contribution < -0.4 is 24.3 Å². The molecule has 0 aromatic heterocycles. The summed E-state index contributed by atoms with van der Waals surface area (Å²) in [7, 11) is 2.90. The Kier molecular flexibility index (Phi) is 8.93. The Labute approximate surface area is 174 Å². The molecule has 30 heavy (non-hydrogen) atoms. The van der Waals surface area contributed by atoms with E-state index in [1.807, 2.05) is 31.2 Å². The summed E-state index contributed by atoms with van der Waals surface area (Å²) in [4.78, 5) is 12.1. The number of hydrogen-bond acceptors (Lipinski definition) is 5. The van der Waals surface area contributed by atoms with Gasteiger partial charge in [0.25, 0.3) is 5.91 Å². The number of methoxy groups -OCH3 is 2. The molecule has 0 spiro atoms. The standard InChI is InChI=1S/C22H25F2NO5/c1-4-5-15-7-9-18(19(12-15)28-3)29-14-21(26)25-11-10-16-6-8-17(27-2)20(13-16)30-22(23)24/h4-9,12-13,22H,10-11,14H2,1-3H3,(H,25,26)/b5-4+. The Morgan fingerprint density at radius 2 is 1.77 bits per heavy atom. The quantitative estimate of drug-likeness (QED) is 0.592. The van der Waals surface area contributed by atoms with Crippen LogP contribution in [0.25, 0.3) is 6.08 Å². The largest absolute Gasteiger partial charge is 0.493 e. The van der Waals surface area contributed by atoms with Gasteiger partial charge in [0.05, 0.1) is 14.2 Å². The number of alkyl halides is 2. The van der Waals surface area contributed by atoms with Gasteiger partial charge in [-0.15, -0.1) is 0 Å². The number of carbonyl (C=O) groups excluding carboxylic acids is 1. The van der Waals surface area contributed by atoms with Crippen LogP contribution in [-0.4, -0.2) is 39.9 Å². The average molecular weight is 421 g/mol. The molecular weight excluding hydrogens is 396 g/mol. The summed E-state index contributed by atoms with van der Waals surface area (Å²) in [6.07, 6.45) is 4.26. The molecule has 162 valence electrons. The van der Waals surface area contributed by atoms with Crippen LogP contribution in [0, 0.1) is 0 Å². The molecule has 0 atom stereocenters. The van der Waals surface area contributed by atoms with Gasteiger partial charge in [0.15, 0.2) is 29.6 Å². The molecule has 8 heteroatoms. The van der Waals surface area contributed by atoms with Crippen molar-refractivity contribution in [2.75, 3.05) is 27.4 Å². The van der Waals surface area contributed by atoms with Crippen molar-refractivity contribution < 1.29 is 32.5 Å². The maximum Gasteiger partial charge on any atom is 0.387 e. The lowest BCUT2D eigenvalue weighted by atomic mass is 10.1. The van der Waals surface area contributed by atoms with Crippen LogP contribution in [0.1, 0.15) is 18.1 Å². The molecule has 0 fully saturated rings. The molecule has 0 aliphatic rings. The summed E-state index contributed by atoms with van der Waals surface area (Å²) in [5.41, 5.74) is 1.68. The van der Waals surface area contributed by atoms with E-state index >= 15 is 0 Å². The molecule has 1 amide bonds. The Hall–Kier alpha value is -3.29. The number of rotatable bonds is 11. The molecule has 2 aromatic carbocycles. The van der Waals surface area contributed by atoms with Crippen LogP contribution in [0.5, 0.6) is 23.0 Å². The van der Waals surface area contributed by atoms with Crippen LogP contribution in [0.3, 0.4) is 0 Å². The first-order chi connectivity index (χ1) is 14.5. The highest BCUT2D eigenvalue weighted by atomic mass is 19.3. The second kappa shape index (κ2) is 11.6. The second-order valence-electron chi connectivity index (χ2n) is 6.16. The summed E-state index contributed by atoms with van der Waals surface area (Å²) in [6, 6.07) is 10.1. The fourth-order valence-electron chi connectivity index (χ4n) is 2.70. The highest BCUT2D eigenvalue weighted by Crippen LogP contribution is 2.30. The molecule has 0 heterocycles. The van der Waals surface area contributed by atoms with Crippen molar-refractivity contribution in [3.8, 4) is 23.0 Å². The summed E-state index contributed by atoms with van der Waals surface area (Å²) < 4.78 is 45.3. The van der Waals surface area contributed by atoms with Crippen LogP contribution in [0.2, 0.25) is 0 Å². The van der Waals surface area contributed by atoms with Gasteiger partial charge in [0, 0.05) is 6.54 Å². The van der Waals surface area contributed by atoms with Gasteiger partial charge in [-0.2, -0.15) is 8.78 Å². The summed E-state index contributed by atoms with van der Waals surface area (Å²) in [5, 5.41) is 2.72. The number of carbonyl (C=O) groups is 1. The Balaban J connectivity index is 1.85. The Morgan fingerprint density at radius 3 is 2.43 bits per heavy atom. The fraction of sp³-hybridized carbons (Fsp3) is 0.318. The normalized spacial score (nSPS) is 10.9. The van der Waals surface area contributed by atoms with Crippen molar-refractivity contribution in [2.24, 2.45) is 0 Å². The lowest BCUT2D eigenvalue weighted by molar-refractivity contribution is -0.123. The topological polar surface area (TPSA) is 66.0 Å². The predicted molar refractivity (Wildman–Crippen MR) is 110 cm³/mol. The van der Waals surface area contributed by atoms with Gasteiger partial charge in [0.2, 0.25) is 0 Å². The van der Waals surface area contributed by atoms with Gasteiger partial charge in [-0.05, 0) is 48.7 Å². The average Bonchev–Trinajstić information content (AvgIpc) is 2.72. The molecule has 0 bridgehead atoms. The third-order valence-corrected chi connectivity index (χ3v) is 4.09. The zero-order chi connectivity index (χ0) is 21.9. The minimum Gasteiger partial charge on any atom is -0.493 e. The molecule has 6 nitrogen and oxygen atoms in total. The first kappa shape index (κ1) is 23.0. The van der Waals surface area contributed by atoms with Crippen LogP contribution >= 0.6 is 0 Å². The lowest BCUT2D eigenvalue weighted by Gasteiger charge is -2.13. The van der Waals surface area contributed by atoms with E-state index in [0.29, 0.717) is 30.0 Å². The monoisotopic (exact) mass is 421 g/mol. The van der Waals surface area contributed by atoms with Gasteiger partial charge in [-0.25, -0.2) is 0 Å². The van der Waals surface area contributed by atoms with Crippen molar-refractivity contribution in [1.82, 2.24) is 5.32 Å². The van der Waals surface area contributed by atoms with Crippen molar-refractivity contribution in [3.63, 3.8) is 0 Å². The van der Waals surface area contributed by atoms with E-state index in [0.717, 1.165) is 5.56 Å². The number of halogens is 2. The maximum absolute atomic E-state index is 12.5. The van der Waals surface area contributed by atoms with E-state index in [4.69, 9.17) is 14.2 Å². The summed E-state index contributed by atoms with van der Waals surface area (Å²) in [5.74, 6) is 0.846. The highest BCUT2D eigenvalue weighted by Gasteiger charge is 2.12. The smallest absolute Gasteiger partial charge is 0.387 e. The van der Waals surface area contributed by atoms with Gasteiger partial charge in [-0.1, -0.05) is 24.3 Å². The van der Waals surface area contributed by atoms with Crippen LogP contribution in [0.15, 0.2) is 42.5 Å². The molecule has 1 N–H and O–H groups in total. The number of nitrogens with one attached hydrogen (secondary N) is 1. The van der Waals surface area contributed by atoms with Crippen molar-refractivity contribution >= 4 is 12.0 Å². The Bertz CT molecular complexity index is 871. The second-order valence-corrected chi connectivity index (χ2v) is 6.16. The predicted octanol–water partition coefficient (Wildman–Crippen LogP) is 4.08. The fourth-order valence-corrected chi connectivity index (χ4v) is 2.70. The Morgan fingerprint density at radius 1 is 1.03 bits per heavy atom. The van der Waals surface area contributed by atoms with E-state index in [-0.39, 0.29) is 24.0 Å². The van der Waals surface area contributed by atoms with Gasteiger partial charge < -0.3 is 24.3 Å². The third-order valence-electron chi connectivity index (χ3n) is 4.09. The molecular formula is C22H25F2NO5. The zero-order valence-electron chi connectivity index (χ0n) is 17.1. The first-order valence-corrected chi connectivity index (χ1v) is 9.28.